The lowest BCUT2D eigenvalue weighted by Crippen LogP contribution is -2.36. The Labute approximate surface area is 111 Å². The molecule has 2 rings (SSSR count). The highest BCUT2D eigenvalue weighted by Gasteiger charge is 2.14. The van der Waals surface area contributed by atoms with Crippen LogP contribution in [0.15, 0.2) is 18.2 Å². The highest BCUT2D eigenvalue weighted by atomic mass is 19.1. The molecule has 104 valence electrons. The fourth-order valence-corrected chi connectivity index (χ4v) is 1.85. The summed E-state index contributed by atoms with van der Waals surface area (Å²) < 4.78 is 19.0. The molecule has 0 atom stereocenters. The maximum atomic E-state index is 13.7. The molecule has 5 nitrogen and oxygen atoms in total. The van der Waals surface area contributed by atoms with Crippen LogP contribution in [0.25, 0.3) is 0 Å². The first-order valence-electron chi connectivity index (χ1n) is 6.18. The number of hydrogen-bond donors (Lipinski definition) is 1. The molecule has 1 aromatic carbocycles. The number of amides is 2. The third-order valence-electron chi connectivity index (χ3n) is 2.97. The summed E-state index contributed by atoms with van der Waals surface area (Å²) in [6.45, 7) is 2.87. The minimum atomic E-state index is -0.438. The second-order valence-electron chi connectivity index (χ2n) is 4.59. The molecule has 0 bridgehead atoms. The van der Waals surface area contributed by atoms with Gasteiger partial charge < -0.3 is 19.9 Å². The molecule has 19 heavy (non-hydrogen) atoms. The van der Waals surface area contributed by atoms with Crippen molar-refractivity contribution >= 4 is 17.4 Å². The molecule has 0 saturated carbocycles. The molecular weight excluding hydrogens is 249 g/mol. The van der Waals surface area contributed by atoms with E-state index >= 15 is 0 Å². The van der Waals surface area contributed by atoms with Crippen molar-refractivity contribution in [3.05, 3.63) is 24.0 Å². The summed E-state index contributed by atoms with van der Waals surface area (Å²) in [5.41, 5.74) is 1.08. The number of carbonyl (C=O) groups is 1. The van der Waals surface area contributed by atoms with Gasteiger partial charge in [0.1, 0.15) is 5.82 Å². The van der Waals surface area contributed by atoms with Gasteiger partial charge in [0, 0.05) is 32.9 Å². The summed E-state index contributed by atoms with van der Waals surface area (Å²) in [7, 11) is 3.22. The van der Waals surface area contributed by atoms with E-state index in [0.717, 1.165) is 18.8 Å². The van der Waals surface area contributed by atoms with E-state index in [0.29, 0.717) is 13.2 Å². The Kier molecular flexibility index (Phi) is 4.21. The average Bonchev–Trinajstić information content (AvgIpc) is 2.42. The van der Waals surface area contributed by atoms with Crippen LogP contribution in [0.3, 0.4) is 0 Å². The van der Waals surface area contributed by atoms with Gasteiger partial charge in [-0.25, -0.2) is 9.18 Å². The van der Waals surface area contributed by atoms with Gasteiger partial charge in [-0.05, 0) is 18.2 Å². The fourth-order valence-electron chi connectivity index (χ4n) is 1.85. The van der Waals surface area contributed by atoms with Crippen LogP contribution >= 0.6 is 0 Å². The molecule has 1 heterocycles. The quantitative estimate of drug-likeness (QED) is 0.888. The van der Waals surface area contributed by atoms with Crippen molar-refractivity contribution in [1.82, 2.24) is 4.90 Å². The molecule has 1 fully saturated rings. The second-order valence-corrected chi connectivity index (χ2v) is 4.59. The normalized spacial score (nSPS) is 15.2. The summed E-state index contributed by atoms with van der Waals surface area (Å²) in [4.78, 5) is 15.0. The number of nitrogens with zero attached hydrogens (tertiary/aromatic N) is 2. The largest absolute Gasteiger partial charge is 0.378 e. The standard InChI is InChI=1S/C13H18FN3O2/c1-16(2)13(18)15-12-9-10(3-4-11(12)14)17-5-7-19-8-6-17/h3-4,9H,5-8H2,1-2H3,(H,15,18). The van der Waals surface area contributed by atoms with Crippen molar-refractivity contribution in [3.63, 3.8) is 0 Å². The highest BCUT2D eigenvalue weighted by Crippen LogP contribution is 2.23. The minimum Gasteiger partial charge on any atom is -0.378 e. The molecule has 0 aromatic heterocycles. The average molecular weight is 267 g/mol. The first kappa shape index (κ1) is 13.6. The lowest BCUT2D eigenvalue weighted by molar-refractivity contribution is 0.122. The van der Waals surface area contributed by atoms with E-state index in [4.69, 9.17) is 4.74 Å². The van der Waals surface area contributed by atoms with Gasteiger partial charge in [0.25, 0.3) is 0 Å². The van der Waals surface area contributed by atoms with Crippen LogP contribution in [-0.2, 0) is 4.74 Å². The lowest BCUT2D eigenvalue weighted by atomic mass is 10.2. The maximum absolute atomic E-state index is 13.7. The van der Waals surface area contributed by atoms with Crippen LogP contribution in [0.1, 0.15) is 0 Å². The number of anilines is 2. The third kappa shape index (κ3) is 3.35. The molecule has 1 aliphatic heterocycles. The molecule has 2 amide bonds. The highest BCUT2D eigenvalue weighted by molar-refractivity contribution is 5.89. The number of rotatable bonds is 2. The second kappa shape index (κ2) is 5.88. The molecule has 0 unspecified atom stereocenters. The summed E-state index contributed by atoms with van der Waals surface area (Å²) in [5.74, 6) is -0.438. The first-order chi connectivity index (χ1) is 9.08. The van der Waals surface area contributed by atoms with Gasteiger partial charge in [0.15, 0.2) is 0 Å². The molecule has 1 N–H and O–H groups in total. The first-order valence-corrected chi connectivity index (χ1v) is 6.18. The van der Waals surface area contributed by atoms with Crippen molar-refractivity contribution in [1.29, 1.82) is 0 Å². The Bertz CT molecular complexity index is 459. The van der Waals surface area contributed by atoms with Crippen LogP contribution in [0.5, 0.6) is 0 Å². The topological polar surface area (TPSA) is 44.8 Å². The third-order valence-corrected chi connectivity index (χ3v) is 2.97. The number of nitrogens with one attached hydrogen (secondary N) is 1. The monoisotopic (exact) mass is 267 g/mol. The lowest BCUT2D eigenvalue weighted by Gasteiger charge is -2.29. The van der Waals surface area contributed by atoms with Gasteiger partial charge in [0.05, 0.1) is 18.9 Å². The number of ether oxygens (including phenoxy) is 1. The molecule has 1 aromatic rings. The van der Waals surface area contributed by atoms with E-state index in [-0.39, 0.29) is 11.7 Å². The SMILES string of the molecule is CN(C)C(=O)Nc1cc(N2CCOCC2)ccc1F. The van der Waals surface area contributed by atoms with E-state index in [1.165, 1.54) is 11.0 Å². The van der Waals surface area contributed by atoms with Crippen LogP contribution in [0, 0.1) is 5.82 Å². The van der Waals surface area contributed by atoms with Gasteiger partial charge in [-0.15, -0.1) is 0 Å². The number of halogens is 1. The van der Waals surface area contributed by atoms with Crippen LogP contribution in [0.2, 0.25) is 0 Å². The zero-order valence-electron chi connectivity index (χ0n) is 11.1. The number of hydrogen-bond acceptors (Lipinski definition) is 3. The smallest absolute Gasteiger partial charge is 0.321 e. The minimum absolute atomic E-state index is 0.197. The van der Waals surface area contributed by atoms with E-state index in [2.05, 4.69) is 10.2 Å². The molecule has 6 heteroatoms. The Morgan fingerprint density at radius 1 is 1.37 bits per heavy atom. The Morgan fingerprint density at radius 3 is 2.68 bits per heavy atom. The number of carbonyl (C=O) groups excluding carboxylic acids is 1. The molecule has 1 aliphatic rings. The van der Waals surface area contributed by atoms with Crippen molar-refractivity contribution < 1.29 is 13.9 Å². The van der Waals surface area contributed by atoms with Crippen LogP contribution in [0.4, 0.5) is 20.6 Å². The molecule has 0 aliphatic carbocycles. The van der Waals surface area contributed by atoms with Crippen LogP contribution < -0.4 is 10.2 Å². The van der Waals surface area contributed by atoms with Gasteiger partial charge >= 0.3 is 6.03 Å². The molecule has 1 saturated heterocycles. The Balaban J connectivity index is 2.16. The predicted molar refractivity (Wildman–Crippen MR) is 72.1 cm³/mol. The predicted octanol–water partition coefficient (Wildman–Crippen LogP) is 1.76. The molecular formula is C13H18FN3O2. The van der Waals surface area contributed by atoms with Crippen molar-refractivity contribution in [2.45, 2.75) is 0 Å². The van der Waals surface area contributed by atoms with Crippen molar-refractivity contribution in [2.24, 2.45) is 0 Å². The van der Waals surface area contributed by atoms with E-state index in [1.54, 1.807) is 26.2 Å². The van der Waals surface area contributed by atoms with Gasteiger partial charge in [-0.1, -0.05) is 0 Å². The zero-order chi connectivity index (χ0) is 13.8. The maximum Gasteiger partial charge on any atom is 0.321 e. The Morgan fingerprint density at radius 2 is 2.05 bits per heavy atom. The van der Waals surface area contributed by atoms with Crippen LogP contribution in [-0.4, -0.2) is 51.3 Å². The number of benzene rings is 1. The van der Waals surface area contributed by atoms with Crippen molar-refractivity contribution in [3.8, 4) is 0 Å². The Hall–Kier alpha value is -1.82. The zero-order valence-corrected chi connectivity index (χ0v) is 11.1. The van der Waals surface area contributed by atoms with Gasteiger partial charge in [-0.2, -0.15) is 0 Å². The molecule has 0 radical (unpaired) electrons. The van der Waals surface area contributed by atoms with Gasteiger partial charge in [-0.3, -0.25) is 0 Å². The van der Waals surface area contributed by atoms with E-state index in [1.807, 2.05) is 0 Å². The summed E-state index contributed by atoms with van der Waals surface area (Å²) in [5, 5.41) is 2.54. The van der Waals surface area contributed by atoms with E-state index < -0.39 is 5.82 Å². The molecule has 0 spiro atoms. The fraction of sp³-hybridized carbons (Fsp3) is 0.462. The summed E-state index contributed by atoms with van der Waals surface area (Å²) in [6, 6.07) is 4.39. The number of morpholine rings is 1. The van der Waals surface area contributed by atoms with E-state index in [9.17, 15) is 9.18 Å². The van der Waals surface area contributed by atoms with Gasteiger partial charge in [0.2, 0.25) is 0 Å². The van der Waals surface area contributed by atoms with Crippen molar-refractivity contribution in [2.75, 3.05) is 50.6 Å². The summed E-state index contributed by atoms with van der Waals surface area (Å²) >= 11 is 0. The number of urea groups is 1. The summed E-state index contributed by atoms with van der Waals surface area (Å²) in [6.07, 6.45) is 0.